The maximum Gasteiger partial charge on any atom is 0.255 e. The largest absolute Gasteiger partial charge is 0.497 e. The molecule has 0 saturated carbocycles. The Morgan fingerprint density at radius 3 is 1.86 bits per heavy atom. The van der Waals surface area contributed by atoms with E-state index in [1.54, 1.807) is 32.4 Å². The van der Waals surface area contributed by atoms with Gasteiger partial charge < -0.3 is 24.6 Å². The molecule has 0 radical (unpaired) electrons. The van der Waals surface area contributed by atoms with E-state index in [9.17, 15) is 9.59 Å². The summed E-state index contributed by atoms with van der Waals surface area (Å²) >= 11 is 0. The van der Waals surface area contributed by atoms with E-state index in [0.717, 1.165) is 35.6 Å². The lowest BCUT2D eigenvalue weighted by atomic mass is 10.1. The summed E-state index contributed by atoms with van der Waals surface area (Å²) < 4.78 is 10.6. The number of anilines is 2. The van der Waals surface area contributed by atoms with Gasteiger partial charge in [0.15, 0.2) is 0 Å². The normalized spacial score (nSPS) is 13.4. The third-order valence-corrected chi connectivity index (χ3v) is 6.14. The van der Waals surface area contributed by atoms with Gasteiger partial charge in [0, 0.05) is 54.7 Å². The van der Waals surface area contributed by atoms with Crippen molar-refractivity contribution < 1.29 is 19.1 Å². The Balaban J connectivity index is 1.36. The summed E-state index contributed by atoms with van der Waals surface area (Å²) in [4.78, 5) is 29.8. The fraction of sp³-hybridized carbons (Fsp3) is 0.286. The second-order valence-electron chi connectivity index (χ2n) is 8.76. The number of benzene rings is 3. The van der Waals surface area contributed by atoms with E-state index >= 15 is 0 Å². The number of rotatable bonds is 6. The molecule has 1 saturated heterocycles. The van der Waals surface area contributed by atoms with Crippen LogP contribution in [0.25, 0.3) is 0 Å². The monoisotopic (exact) mass is 473 g/mol. The number of aryl methyl sites for hydroxylation is 2. The van der Waals surface area contributed by atoms with Crippen molar-refractivity contribution in [3.05, 3.63) is 82.9 Å². The van der Waals surface area contributed by atoms with E-state index in [2.05, 4.69) is 10.2 Å². The molecular formula is C28H31N3O4. The first-order chi connectivity index (χ1) is 16.9. The number of ether oxygens (including phenoxy) is 2. The zero-order chi connectivity index (χ0) is 24.9. The molecule has 2 amide bonds. The summed E-state index contributed by atoms with van der Waals surface area (Å²) in [6.45, 7) is 6.65. The average Bonchev–Trinajstić information content (AvgIpc) is 2.88. The van der Waals surface area contributed by atoms with Crippen LogP contribution in [0.4, 0.5) is 11.4 Å². The minimum atomic E-state index is -0.120. The molecule has 0 unspecified atom stereocenters. The number of methoxy groups -OCH3 is 2. The molecule has 3 aromatic rings. The Morgan fingerprint density at radius 2 is 1.31 bits per heavy atom. The third-order valence-electron chi connectivity index (χ3n) is 6.14. The molecule has 3 aromatic carbocycles. The van der Waals surface area contributed by atoms with Crippen LogP contribution >= 0.6 is 0 Å². The van der Waals surface area contributed by atoms with Gasteiger partial charge >= 0.3 is 0 Å². The highest BCUT2D eigenvalue weighted by Gasteiger charge is 2.23. The summed E-state index contributed by atoms with van der Waals surface area (Å²) in [5.74, 6) is 1.03. The minimum absolute atomic E-state index is 0.0358. The number of amides is 2. The molecule has 0 atom stereocenters. The van der Waals surface area contributed by atoms with Crippen molar-refractivity contribution in [3.8, 4) is 11.5 Å². The molecule has 35 heavy (non-hydrogen) atoms. The molecule has 1 aliphatic heterocycles. The number of carbonyl (C=O) groups is 2. The van der Waals surface area contributed by atoms with Crippen LogP contribution in [0.15, 0.2) is 60.7 Å². The first-order valence-corrected chi connectivity index (χ1v) is 11.6. The topological polar surface area (TPSA) is 71.1 Å². The number of hydrogen-bond acceptors (Lipinski definition) is 5. The second-order valence-corrected chi connectivity index (χ2v) is 8.76. The van der Waals surface area contributed by atoms with Gasteiger partial charge in [-0.3, -0.25) is 9.59 Å². The van der Waals surface area contributed by atoms with E-state index in [0.29, 0.717) is 35.7 Å². The van der Waals surface area contributed by atoms with Gasteiger partial charge in [-0.25, -0.2) is 0 Å². The zero-order valence-corrected chi connectivity index (χ0v) is 20.6. The summed E-state index contributed by atoms with van der Waals surface area (Å²) in [6, 6.07) is 18.9. The first-order valence-electron chi connectivity index (χ1n) is 11.6. The molecule has 1 heterocycles. The van der Waals surface area contributed by atoms with Gasteiger partial charge in [0.1, 0.15) is 11.5 Å². The fourth-order valence-electron chi connectivity index (χ4n) is 4.35. The highest BCUT2D eigenvalue weighted by atomic mass is 16.5. The van der Waals surface area contributed by atoms with Crippen molar-refractivity contribution in [1.82, 2.24) is 4.90 Å². The maximum absolute atomic E-state index is 13.0. The fourth-order valence-corrected chi connectivity index (χ4v) is 4.35. The lowest BCUT2D eigenvalue weighted by Gasteiger charge is -2.36. The van der Waals surface area contributed by atoms with Crippen LogP contribution in [-0.2, 0) is 0 Å². The molecule has 7 nitrogen and oxygen atoms in total. The maximum atomic E-state index is 13.0. The van der Waals surface area contributed by atoms with E-state index in [-0.39, 0.29) is 11.8 Å². The molecular weight excluding hydrogens is 442 g/mol. The molecule has 4 rings (SSSR count). The van der Waals surface area contributed by atoms with E-state index < -0.39 is 0 Å². The van der Waals surface area contributed by atoms with E-state index in [1.165, 1.54) is 0 Å². The zero-order valence-electron chi connectivity index (χ0n) is 20.6. The van der Waals surface area contributed by atoms with Crippen LogP contribution in [0, 0.1) is 13.8 Å². The minimum Gasteiger partial charge on any atom is -0.497 e. The van der Waals surface area contributed by atoms with E-state index in [4.69, 9.17) is 9.47 Å². The molecule has 1 aliphatic rings. The van der Waals surface area contributed by atoms with Crippen molar-refractivity contribution in [2.45, 2.75) is 13.8 Å². The first kappa shape index (κ1) is 24.1. The third kappa shape index (κ3) is 5.74. The molecule has 0 spiro atoms. The number of nitrogens with zero attached hydrogens (tertiary/aromatic N) is 2. The van der Waals surface area contributed by atoms with Crippen LogP contribution in [0.5, 0.6) is 11.5 Å². The Hall–Kier alpha value is -4.00. The van der Waals surface area contributed by atoms with Gasteiger partial charge in [0.05, 0.1) is 14.2 Å². The van der Waals surface area contributed by atoms with Crippen LogP contribution in [0.3, 0.4) is 0 Å². The van der Waals surface area contributed by atoms with Gasteiger partial charge in [0.25, 0.3) is 11.8 Å². The van der Waals surface area contributed by atoms with Crippen LogP contribution in [0.2, 0.25) is 0 Å². The van der Waals surface area contributed by atoms with Crippen molar-refractivity contribution in [2.24, 2.45) is 0 Å². The second kappa shape index (κ2) is 10.5. The lowest BCUT2D eigenvalue weighted by molar-refractivity contribution is 0.0746. The molecule has 1 fully saturated rings. The van der Waals surface area contributed by atoms with Crippen molar-refractivity contribution in [1.29, 1.82) is 0 Å². The highest BCUT2D eigenvalue weighted by molar-refractivity contribution is 6.04. The van der Waals surface area contributed by atoms with Gasteiger partial charge in [-0.15, -0.1) is 0 Å². The molecule has 0 bridgehead atoms. The van der Waals surface area contributed by atoms with Crippen LogP contribution in [0.1, 0.15) is 31.8 Å². The number of hydrogen-bond donors (Lipinski definition) is 1. The van der Waals surface area contributed by atoms with Crippen molar-refractivity contribution >= 4 is 23.2 Å². The standard InChI is InChI=1S/C28H31N3O4/c1-19-13-20(2)15-21(14-19)27(32)29-23-5-7-24(8-6-23)30-9-11-31(12-10-30)28(33)22-16-25(34-3)18-26(17-22)35-4/h5-8,13-18H,9-12H2,1-4H3,(H,29,32). The molecule has 0 aromatic heterocycles. The summed E-state index contributed by atoms with van der Waals surface area (Å²) in [6.07, 6.45) is 0. The van der Waals surface area contributed by atoms with Crippen molar-refractivity contribution in [3.63, 3.8) is 0 Å². The lowest BCUT2D eigenvalue weighted by Crippen LogP contribution is -2.48. The van der Waals surface area contributed by atoms with Crippen LogP contribution < -0.4 is 19.7 Å². The predicted octanol–water partition coefficient (Wildman–Crippen LogP) is 4.54. The number of carbonyl (C=O) groups excluding carboxylic acids is 2. The van der Waals surface area contributed by atoms with Gasteiger partial charge in [-0.2, -0.15) is 0 Å². The quantitative estimate of drug-likeness (QED) is 0.569. The summed E-state index contributed by atoms with van der Waals surface area (Å²) in [7, 11) is 3.14. The Bertz CT molecular complexity index is 1170. The highest BCUT2D eigenvalue weighted by Crippen LogP contribution is 2.25. The SMILES string of the molecule is COc1cc(OC)cc(C(=O)N2CCN(c3ccc(NC(=O)c4cc(C)cc(C)c4)cc3)CC2)c1. The summed E-state index contributed by atoms with van der Waals surface area (Å²) in [5.41, 5.74) is 5.14. The molecule has 1 N–H and O–H groups in total. The Kier molecular flexibility index (Phi) is 7.25. The molecule has 7 heteroatoms. The number of piperazine rings is 1. The average molecular weight is 474 g/mol. The molecule has 182 valence electrons. The van der Waals surface area contributed by atoms with Gasteiger partial charge in [-0.05, 0) is 62.4 Å². The van der Waals surface area contributed by atoms with Crippen LogP contribution in [-0.4, -0.2) is 57.1 Å². The van der Waals surface area contributed by atoms with Crippen molar-refractivity contribution in [2.75, 3.05) is 50.6 Å². The smallest absolute Gasteiger partial charge is 0.255 e. The predicted molar refractivity (Wildman–Crippen MR) is 138 cm³/mol. The number of nitrogens with one attached hydrogen (secondary N) is 1. The Morgan fingerprint density at radius 1 is 0.743 bits per heavy atom. The van der Waals surface area contributed by atoms with E-state index in [1.807, 2.05) is 61.2 Å². The molecule has 0 aliphatic carbocycles. The summed E-state index contributed by atoms with van der Waals surface area (Å²) in [5, 5.41) is 2.97. The van der Waals surface area contributed by atoms with Gasteiger partial charge in [-0.1, -0.05) is 17.2 Å². The van der Waals surface area contributed by atoms with Gasteiger partial charge in [0.2, 0.25) is 0 Å². The Labute approximate surface area is 206 Å².